The number of hydrogen-bond acceptors (Lipinski definition) is 5. The first-order chi connectivity index (χ1) is 17.5. The highest BCUT2D eigenvalue weighted by Gasteiger charge is 2.45. The Morgan fingerprint density at radius 3 is 2.25 bits per heavy atom. The lowest BCUT2D eigenvalue weighted by molar-refractivity contribution is -0.136. The summed E-state index contributed by atoms with van der Waals surface area (Å²) in [5.41, 5.74) is 4.53. The molecule has 0 spiro atoms. The van der Waals surface area contributed by atoms with Crippen molar-refractivity contribution in [3.63, 3.8) is 0 Å². The Labute approximate surface area is 209 Å². The molecule has 5 rings (SSSR count). The van der Waals surface area contributed by atoms with Gasteiger partial charge in [-0.3, -0.25) is 29.4 Å². The van der Waals surface area contributed by atoms with Gasteiger partial charge in [0.2, 0.25) is 11.8 Å². The molecule has 36 heavy (non-hydrogen) atoms. The van der Waals surface area contributed by atoms with Crippen molar-refractivity contribution in [3.05, 3.63) is 95.1 Å². The van der Waals surface area contributed by atoms with E-state index in [2.05, 4.69) is 22.8 Å². The van der Waals surface area contributed by atoms with Crippen molar-refractivity contribution in [1.82, 2.24) is 15.5 Å². The number of carbonyl (C=O) groups is 4. The molecule has 2 heterocycles. The van der Waals surface area contributed by atoms with Crippen LogP contribution in [0, 0.1) is 0 Å². The molecule has 4 amide bonds. The lowest BCUT2D eigenvalue weighted by Crippen LogP contribution is -2.54. The molecule has 7 nitrogen and oxygen atoms in total. The molecule has 1 atom stereocenters. The minimum atomic E-state index is -0.976. The Bertz CT molecular complexity index is 1340. The van der Waals surface area contributed by atoms with Crippen LogP contribution in [0.25, 0.3) is 11.1 Å². The van der Waals surface area contributed by atoms with Crippen LogP contribution in [0.2, 0.25) is 0 Å². The normalized spacial score (nSPS) is 17.3. The van der Waals surface area contributed by atoms with Gasteiger partial charge in [0.1, 0.15) is 6.04 Å². The highest BCUT2D eigenvalue weighted by Crippen LogP contribution is 2.35. The van der Waals surface area contributed by atoms with Crippen molar-refractivity contribution in [2.24, 2.45) is 0 Å². The average Bonchev–Trinajstić information content (AvgIpc) is 3.14. The number of hydrogen-bond donors (Lipinski definition) is 2. The van der Waals surface area contributed by atoms with E-state index in [0.717, 1.165) is 42.0 Å². The molecular formula is C29H27N3O4. The SMILES string of the molecule is O=C1CCC(N2C(=O)c3cccc(-c4cccc(CCNCCc5ccccc5)c4)c3C2=O)C(=O)N1. The predicted octanol–water partition coefficient (Wildman–Crippen LogP) is 3.13. The fourth-order valence-corrected chi connectivity index (χ4v) is 4.89. The van der Waals surface area contributed by atoms with Crippen LogP contribution < -0.4 is 10.6 Å². The lowest BCUT2D eigenvalue weighted by Gasteiger charge is -2.27. The smallest absolute Gasteiger partial charge is 0.262 e. The van der Waals surface area contributed by atoms with Crippen molar-refractivity contribution in [2.75, 3.05) is 13.1 Å². The molecule has 0 aromatic heterocycles. The monoisotopic (exact) mass is 481 g/mol. The van der Waals surface area contributed by atoms with E-state index in [9.17, 15) is 19.2 Å². The van der Waals surface area contributed by atoms with Crippen molar-refractivity contribution >= 4 is 23.6 Å². The van der Waals surface area contributed by atoms with Gasteiger partial charge in [-0.2, -0.15) is 0 Å². The topological polar surface area (TPSA) is 95.6 Å². The molecular weight excluding hydrogens is 454 g/mol. The summed E-state index contributed by atoms with van der Waals surface area (Å²) >= 11 is 0. The van der Waals surface area contributed by atoms with Gasteiger partial charge in [-0.25, -0.2) is 0 Å². The fourth-order valence-electron chi connectivity index (χ4n) is 4.89. The summed E-state index contributed by atoms with van der Waals surface area (Å²) in [6.07, 6.45) is 2.03. The molecule has 3 aromatic carbocycles. The second-order valence-electron chi connectivity index (χ2n) is 9.11. The van der Waals surface area contributed by atoms with Crippen LogP contribution in [0.3, 0.4) is 0 Å². The number of fused-ring (bicyclic) bond motifs is 1. The van der Waals surface area contributed by atoms with E-state index in [1.807, 2.05) is 48.5 Å². The third-order valence-corrected chi connectivity index (χ3v) is 6.73. The maximum absolute atomic E-state index is 13.4. The lowest BCUT2D eigenvalue weighted by atomic mass is 9.95. The van der Waals surface area contributed by atoms with Crippen molar-refractivity contribution in [1.29, 1.82) is 0 Å². The first kappa shape index (κ1) is 23.6. The van der Waals surface area contributed by atoms with E-state index in [-0.39, 0.29) is 24.3 Å². The van der Waals surface area contributed by atoms with E-state index in [1.165, 1.54) is 5.56 Å². The average molecular weight is 482 g/mol. The summed E-state index contributed by atoms with van der Waals surface area (Å²) in [6.45, 7) is 1.71. The zero-order valence-electron chi connectivity index (χ0n) is 19.8. The predicted molar refractivity (Wildman–Crippen MR) is 135 cm³/mol. The van der Waals surface area contributed by atoms with Gasteiger partial charge in [0.25, 0.3) is 11.8 Å². The van der Waals surface area contributed by atoms with Gasteiger partial charge in [0, 0.05) is 6.42 Å². The maximum atomic E-state index is 13.4. The first-order valence-corrected chi connectivity index (χ1v) is 12.2. The second-order valence-corrected chi connectivity index (χ2v) is 9.11. The number of piperidine rings is 1. The minimum absolute atomic E-state index is 0.0953. The zero-order valence-corrected chi connectivity index (χ0v) is 19.8. The molecule has 2 aliphatic heterocycles. The Kier molecular flexibility index (Phi) is 6.73. The van der Waals surface area contributed by atoms with E-state index >= 15 is 0 Å². The van der Waals surface area contributed by atoms with Gasteiger partial charge in [0.05, 0.1) is 11.1 Å². The van der Waals surface area contributed by atoms with Crippen molar-refractivity contribution in [2.45, 2.75) is 31.7 Å². The van der Waals surface area contributed by atoms with Crippen LogP contribution in [0.4, 0.5) is 0 Å². The van der Waals surface area contributed by atoms with E-state index in [0.29, 0.717) is 11.1 Å². The van der Waals surface area contributed by atoms with Crippen LogP contribution >= 0.6 is 0 Å². The van der Waals surface area contributed by atoms with Crippen molar-refractivity contribution < 1.29 is 19.2 Å². The molecule has 0 bridgehead atoms. The Morgan fingerprint density at radius 1 is 0.778 bits per heavy atom. The number of benzene rings is 3. The number of rotatable bonds is 8. The Morgan fingerprint density at radius 2 is 1.47 bits per heavy atom. The minimum Gasteiger partial charge on any atom is -0.316 e. The fraction of sp³-hybridized carbons (Fsp3) is 0.241. The molecule has 3 aromatic rings. The van der Waals surface area contributed by atoms with Gasteiger partial charge in [-0.1, -0.05) is 66.7 Å². The number of amides is 4. The molecule has 1 fully saturated rings. The largest absolute Gasteiger partial charge is 0.316 e. The van der Waals surface area contributed by atoms with Crippen LogP contribution in [-0.4, -0.2) is 47.7 Å². The molecule has 182 valence electrons. The van der Waals surface area contributed by atoms with Crippen LogP contribution in [-0.2, 0) is 22.4 Å². The zero-order chi connectivity index (χ0) is 25.1. The summed E-state index contributed by atoms with van der Waals surface area (Å²) < 4.78 is 0. The molecule has 2 N–H and O–H groups in total. The van der Waals surface area contributed by atoms with Crippen LogP contribution in [0.15, 0.2) is 72.8 Å². The molecule has 0 saturated carbocycles. The third kappa shape index (κ3) is 4.70. The third-order valence-electron chi connectivity index (χ3n) is 6.73. The number of nitrogens with zero attached hydrogens (tertiary/aromatic N) is 1. The van der Waals surface area contributed by atoms with Gasteiger partial charge < -0.3 is 5.32 Å². The maximum Gasteiger partial charge on any atom is 0.262 e. The Balaban J connectivity index is 1.30. The van der Waals surface area contributed by atoms with Crippen LogP contribution in [0.5, 0.6) is 0 Å². The Hall–Kier alpha value is -4.10. The summed E-state index contributed by atoms with van der Waals surface area (Å²) in [5, 5.41) is 5.71. The first-order valence-electron chi connectivity index (χ1n) is 12.2. The van der Waals surface area contributed by atoms with Gasteiger partial charge in [-0.05, 0) is 60.7 Å². The molecule has 2 aliphatic rings. The van der Waals surface area contributed by atoms with E-state index < -0.39 is 23.8 Å². The number of carbonyl (C=O) groups excluding carboxylic acids is 4. The summed E-state index contributed by atoms with van der Waals surface area (Å²) in [6, 6.07) is 22.5. The molecule has 0 aliphatic carbocycles. The highest BCUT2D eigenvalue weighted by molar-refractivity contribution is 6.25. The molecule has 7 heteroatoms. The number of nitrogens with one attached hydrogen (secondary N) is 2. The van der Waals surface area contributed by atoms with Gasteiger partial charge in [-0.15, -0.1) is 0 Å². The van der Waals surface area contributed by atoms with E-state index in [1.54, 1.807) is 12.1 Å². The summed E-state index contributed by atoms with van der Waals surface area (Å²) in [4.78, 5) is 51.5. The van der Waals surface area contributed by atoms with Crippen LogP contribution in [0.1, 0.15) is 44.7 Å². The van der Waals surface area contributed by atoms with E-state index in [4.69, 9.17) is 0 Å². The van der Waals surface area contributed by atoms with Gasteiger partial charge >= 0.3 is 0 Å². The quantitative estimate of drug-likeness (QED) is 0.381. The van der Waals surface area contributed by atoms with Crippen molar-refractivity contribution in [3.8, 4) is 11.1 Å². The standard InChI is InChI=1S/C29H27N3O4/c33-25-13-12-24(27(34)31-25)32-28(35)23-11-5-10-22(26(23)29(32)36)21-9-4-8-20(18-21)15-17-30-16-14-19-6-2-1-3-7-19/h1-11,18,24,30H,12-17H2,(H,31,33,34). The second kappa shape index (κ2) is 10.3. The molecule has 1 saturated heterocycles. The highest BCUT2D eigenvalue weighted by atomic mass is 16.2. The summed E-state index contributed by atoms with van der Waals surface area (Å²) in [5.74, 6) is -1.98. The van der Waals surface area contributed by atoms with Gasteiger partial charge in [0.15, 0.2) is 0 Å². The number of imide groups is 2. The summed E-state index contributed by atoms with van der Waals surface area (Å²) in [7, 11) is 0. The molecule has 0 radical (unpaired) electrons. The molecule has 1 unspecified atom stereocenters.